The van der Waals surface area contributed by atoms with Crippen LogP contribution in [0.2, 0.25) is 0 Å². The highest BCUT2D eigenvalue weighted by atomic mass is 32.2. The van der Waals surface area contributed by atoms with Crippen molar-refractivity contribution in [2.75, 3.05) is 6.54 Å². The van der Waals surface area contributed by atoms with Gasteiger partial charge in [-0.2, -0.15) is 5.10 Å². The van der Waals surface area contributed by atoms with Crippen LogP contribution in [-0.4, -0.2) is 30.7 Å². The smallest absolute Gasteiger partial charge is 0.251 e. The Morgan fingerprint density at radius 1 is 0.882 bits per heavy atom. The van der Waals surface area contributed by atoms with Crippen molar-refractivity contribution in [3.05, 3.63) is 113 Å². The highest BCUT2D eigenvalue weighted by Gasteiger charge is 2.16. The van der Waals surface area contributed by atoms with Gasteiger partial charge in [0.05, 0.1) is 22.0 Å². The minimum absolute atomic E-state index is 0.153. The standard InChI is InChI=1S/C27H27N3O3S/c1-20-17-21(2)30(29-20)25-13-11-22(12-14-25)15-16-28-27(31)24-8-6-7-23(18-24)19-34(32,33)26-9-4-3-5-10-26/h3-14,17-18H,15-16,19H2,1-2H3,(H,28,31). The molecule has 0 bridgehead atoms. The second-order valence-electron chi connectivity index (χ2n) is 8.28. The quantitative estimate of drug-likeness (QED) is 0.410. The van der Waals surface area contributed by atoms with Crippen LogP contribution in [0.1, 0.15) is 32.9 Å². The molecule has 0 radical (unpaired) electrons. The van der Waals surface area contributed by atoms with E-state index in [0.717, 1.165) is 22.6 Å². The molecule has 1 N–H and O–H groups in total. The van der Waals surface area contributed by atoms with Gasteiger partial charge in [-0.15, -0.1) is 0 Å². The number of carbonyl (C=O) groups excluding carboxylic acids is 1. The van der Waals surface area contributed by atoms with Crippen LogP contribution in [0.25, 0.3) is 5.69 Å². The van der Waals surface area contributed by atoms with Crippen LogP contribution in [0.5, 0.6) is 0 Å². The van der Waals surface area contributed by atoms with Crippen LogP contribution in [0.3, 0.4) is 0 Å². The fourth-order valence-corrected chi connectivity index (χ4v) is 5.21. The zero-order valence-corrected chi connectivity index (χ0v) is 20.0. The first-order valence-electron chi connectivity index (χ1n) is 11.1. The van der Waals surface area contributed by atoms with Crippen molar-refractivity contribution in [1.82, 2.24) is 15.1 Å². The molecule has 0 spiro atoms. The predicted octanol–water partition coefficient (Wildman–Crippen LogP) is 4.44. The number of hydrogen-bond acceptors (Lipinski definition) is 4. The number of hydrogen-bond donors (Lipinski definition) is 1. The van der Waals surface area contributed by atoms with Crippen molar-refractivity contribution in [1.29, 1.82) is 0 Å². The van der Waals surface area contributed by atoms with Crippen molar-refractivity contribution >= 4 is 15.7 Å². The van der Waals surface area contributed by atoms with Gasteiger partial charge in [-0.05, 0) is 73.9 Å². The van der Waals surface area contributed by atoms with Crippen LogP contribution in [0.4, 0.5) is 0 Å². The summed E-state index contributed by atoms with van der Waals surface area (Å²) in [5, 5.41) is 7.42. The number of benzene rings is 3. The van der Waals surface area contributed by atoms with Gasteiger partial charge in [-0.1, -0.05) is 42.5 Å². The highest BCUT2D eigenvalue weighted by molar-refractivity contribution is 7.90. The third kappa shape index (κ3) is 5.61. The van der Waals surface area contributed by atoms with Gasteiger partial charge < -0.3 is 5.32 Å². The fourth-order valence-electron chi connectivity index (χ4n) is 3.85. The van der Waals surface area contributed by atoms with E-state index in [1.165, 1.54) is 0 Å². The molecule has 0 saturated heterocycles. The Labute approximate surface area is 200 Å². The molecule has 3 aromatic carbocycles. The maximum absolute atomic E-state index is 12.6. The largest absolute Gasteiger partial charge is 0.352 e. The Balaban J connectivity index is 1.34. The fraction of sp³-hybridized carbons (Fsp3) is 0.185. The lowest BCUT2D eigenvalue weighted by Gasteiger charge is -2.09. The summed E-state index contributed by atoms with van der Waals surface area (Å²) in [5.41, 5.74) is 5.19. The summed E-state index contributed by atoms with van der Waals surface area (Å²) in [4.78, 5) is 12.9. The second-order valence-corrected chi connectivity index (χ2v) is 10.3. The molecule has 6 nitrogen and oxygen atoms in total. The topological polar surface area (TPSA) is 81.1 Å². The third-order valence-electron chi connectivity index (χ3n) is 5.54. The summed E-state index contributed by atoms with van der Waals surface area (Å²) in [7, 11) is -3.47. The van der Waals surface area contributed by atoms with Gasteiger partial charge in [-0.3, -0.25) is 4.79 Å². The molecular weight excluding hydrogens is 446 g/mol. The van der Waals surface area contributed by atoms with E-state index in [1.54, 1.807) is 54.6 Å². The van der Waals surface area contributed by atoms with E-state index in [4.69, 9.17) is 0 Å². The number of aromatic nitrogens is 2. The monoisotopic (exact) mass is 473 g/mol. The Bertz CT molecular complexity index is 1390. The number of carbonyl (C=O) groups is 1. The van der Waals surface area contributed by atoms with Crippen molar-refractivity contribution in [3.63, 3.8) is 0 Å². The molecule has 4 aromatic rings. The van der Waals surface area contributed by atoms with Gasteiger partial charge in [0.25, 0.3) is 5.91 Å². The lowest BCUT2D eigenvalue weighted by molar-refractivity contribution is 0.0954. The number of sulfone groups is 1. The van der Waals surface area contributed by atoms with Gasteiger partial charge in [0, 0.05) is 17.8 Å². The lowest BCUT2D eigenvalue weighted by Crippen LogP contribution is -2.25. The summed E-state index contributed by atoms with van der Waals surface area (Å²) in [5.74, 6) is -0.377. The Morgan fingerprint density at radius 3 is 2.29 bits per heavy atom. The molecule has 4 rings (SSSR count). The molecule has 7 heteroatoms. The van der Waals surface area contributed by atoms with E-state index in [2.05, 4.69) is 10.4 Å². The van der Waals surface area contributed by atoms with E-state index in [-0.39, 0.29) is 16.6 Å². The minimum atomic E-state index is -3.47. The van der Waals surface area contributed by atoms with Gasteiger partial charge in [0.2, 0.25) is 0 Å². The zero-order chi connectivity index (χ0) is 24.1. The molecular formula is C27H27N3O3S. The summed E-state index contributed by atoms with van der Waals surface area (Å²) in [6.07, 6.45) is 0.686. The van der Waals surface area contributed by atoms with Crippen molar-refractivity contribution in [3.8, 4) is 5.69 Å². The van der Waals surface area contributed by atoms with Crippen LogP contribution < -0.4 is 5.32 Å². The SMILES string of the molecule is Cc1cc(C)n(-c2ccc(CCNC(=O)c3cccc(CS(=O)(=O)c4ccccc4)c3)cc2)n1. The molecule has 0 aliphatic carbocycles. The van der Waals surface area contributed by atoms with E-state index in [9.17, 15) is 13.2 Å². The Morgan fingerprint density at radius 2 is 1.62 bits per heavy atom. The van der Waals surface area contributed by atoms with Crippen LogP contribution in [0, 0.1) is 13.8 Å². The first-order chi connectivity index (χ1) is 16.3. The Kier molecular flexibility index (Phi) is 6.93. The number of amides is 1. The molecule has 0 atom stereocenters. The molecule has 34 heavy (non-hydrogen) atoms. The van der Waals surface area contributed by atoms with E-state index < -0.39 is 9.84 Å². The van der Waals surface area contributed by atoms with Gasteiger partial charge in [0.15, 0.2) is 9.84 Å². The number of nitrogens with zero attached hydrogens (tertiary/aromatic N) is 2. The normalized spacial score (nSPS) is 11.4. The molecule has 0 aliphatic heterocycles. The lowest BCUT2D eigenvalue weighted by atomic mass is 10.1. The molecule has 0 fully saturated rings. The number of aryl methyl sites for hydroxylation is 2. The average Bonchev–Trinajstić information content (AvgIpc) is 3.17. The van der Waals surface area contributed by atoms with Gasteiger partial charge in [-0.25, -0.2) is 13.1 Å². The van der Waals surface area contributed by atoms with E-state index in [1.807, 2.05) is 48.9 Å². The first kappa shape index (κ1) is 23.4. The van der Waals surface area contributed by atoms with E-state index in [0.29, 0.717) is 24.1 Å². The summed E-state index contributed by atoms with van der Waals surface area (Å²) in [6.45, 7) is 4.47. The van der Waals surface area contributed by atoms with Gasteiger partial charge in [0.1, 0.15) is 0 Å². The molecule has 0 unspecified atom stereocenters. The van der Waals surface area contributed by atoms with Crippen LogP contribution in [0.15, 0.2) is 89.8 Å². The molecule has 0 saturated carbocycles. The Hall–Kier alpha value is -3.71. The minimum Gasteiger partial charge on any atom is -0.352 e. The van der Waals surface area contributed by atoms with Crippen molar-refractivity contribution in [2.45, 2.75) is 30.9 Å². The molecule has 1 amide bonds. The maximum Gasteiger partial charge on any atom is 0.251 e. The average molecular weight is 474 g/mol. The van der Waals surface area contributed by atoms with Crippen LogP contribution in [-0.2, 0) is 22.0 Å². The second kappa shape index (κ2) is 10.1. The van der Waals surface area contributed by atoms with E-state index >= 15 is 0 Å². The molecule has 1 aromatic heterocycles. The summed E-state index contributed by atoms with van der Waals surface area (Å²) >= 11 is 0. The van der Waals surface area contributed by atoms with Crippen LogP contribution >= 0.6 is 0 Å². The summed E-state index contributed by atoms with van der Waals surface area (Å²) < 4.78 is 27.2. The first-order valence-corrected chi connectivity index (χ1v) is 12.7. The number of rotatable bonds is 8. The molecule has 1 heterocycles. The van der Waals surface area contributed by atoms with Crippen molar-refractivity contribution < 1.29 is 13.2 Å². The highest BCUT2D eigenvalue weighted by Crippen LogP contribution is 2.17. The predicted molar refractivity (Wildman–Crippen MR) is 133 cm³/mol. The zero-order valence-electron chi connectivity index (χ0n) is 19.2. The molecule has 0 aliphatic rings. The van der Waals surface area contributed by atoms with Gasteiger partial charge >= 0.3 is 0 Å². The summed E-state index contributed by atoms with van der Waals surface area (Å²) in [6, 6.07) is 25.2. The third-order valence-corrected chi connectivity index (χ3v) is 7.24. The number of nitrogens with one attached hydrogen (secondary N) is 1. The maximum atomic E-state index is 12.6. The molecule has 174 valence electrons. The van der Waals surface area contributed by atoms with Crippen molar-refractivity contribution in [2.24, 2.45) is 0 Å².